The first-order chi connectivity index (χ1) is 3.56. The number of nitrogens with two attached hydrogens (primary N) is 2. The molecule has 58 valence electrons. The van der Waals surface area contributed by atoms with Crippen LogP contribution in [0.25, 0.3) is 0 Å². The van der Waals surface area contributed by atoms with Crippen molar-refractivity contribution in [3.63, 3.8) is 0 Å². The third kappa shape index (κ3) is 12.0. The Balaban J connectivity index is 0. The first kappa shape index (κ1) is 12.4. The summed E-state index contributed by atoms with van der Waals surface area (Å²) >= 11 is 5.21. The van der Waals surface area contributed by atoms with Crippen LogP contribution in [-0.4, -0.2) is 12.4 Å². The molecule has 0 aromatic carbocycles. The summed E-state index contributed by atoms with van der Waals surface area (Å²) in [6.07, 6.45) is 0. The maximum absolute atomic E-state index is 10.4. The number of hydrogen-bond acceptors (Lipinski definition) is 1. The molecule has 0 aliphatic heterocycles. The summed E-state index contributed by atoms with van der Waals surface area (Å²) < 4.78 is 10.4. The molecule has 0 aliphatic carbocycles. The van der Waals surface area contributed by atoms with Gasteiger partial charge in [0.05, 0.1) is 0 Å². The minimum atomic E-state index is -3.02. The molecular formula is C2H10Cl2N3OP. The quantitative estimate of drug-likeness (QED) is 0.444. The Morgan fingerprint density at radius 3 is 2.11 bits per heavy atom. The van der Waals surface area contributed by atoms with Gasteiger partial charge in [0.25, 0.3) is 7.59 Å². The minimum Gasteiger partial charge on any atom is -0.271 e. The molecule has 0 saturated carbocycles. The number of hydrogen-bond donors (Lipinski definition) is 3. The van der Waals surface area contributed by atoms with E-state index >= 15 is 0 Å². The van der Waals surface area contributed by atoms with E-state index in [1.807, 2.05) is 0 Å². The van der Waals surface area contributed by atoms with E-state index in [0.29, 0.717) is 12.4 Å². The van der Waals surface area contributed by atoms with Gasteiger partial charge in [0.15, 0.2) is 0 Å². The van der Waals surface area contributed by atoms with Gasteiger partial charge < -0.3 is 0 Å². The standard InChI is InChI=1S/C2H9ClN3OP.ClH/c3-1-2-6-8(4,5)7;/h1-2H2,(H5,4,5,6,7);1H. The number of alkyl halides is 1. The van der Waals surface area contributed by atoms with Gasteiger partial charge in [-0.2, -0.15) is 0 Å². The molecule has 0 atom stereocenters. The summed E-state index contributed by atoms with van der Waals surface area (Å²) in [5.41, 5.74) is 9.77. The van der Waals surface area contributed by atoms with Gasteiger partial charge in [-0.15, -0.1) is 24.0 Å². The Kier molecular flexibility index (Phi) is 7.52. The van der Waals surface area contributed by atoms with Crippen LogP contribution in [-0.2, 0) is 4.57 Å². The highest BCUT2D eigenvalue weighted by Gasteiger charge is 2.03. The fraction of sp³-hybridized carbons (Fsp3) is 1.00. The lowest BCUT2D eigenvalue weighted by atomic mass is 10.8. The zero-order valence-electron chi connectivity index (χ0n) is 4.71. The topological polar surface area (TPSA) is 81.1 Å². The average Bonchev–Trinajstić information content (AvgIpc) is 1.59. The normalized spacial score (nSPS) is 10.6. The lowest BCUT2D eigenvalue weighted by molar-refractivity contribution is 0.568. The number of nitrogens with one attached hydrogen (secondary N) is 1. The highest BCUT2D eigenvalue weighted by atomic mass is 35.5. The van der Waals surface area contributed by atoms with Crippen LogP contribution in [0.1, 0.15) is 0 Å². The second-order valence-electron chi connectivity index (χ2n) is 1.31. The van der Waals surface area contributed by atoms with E-state index in [1.54, 1.807) is 0 Å². The third-order valence-electron chi connectivity index (χ3n) is 0.453. The molecule has 0 radical (unpaired) electrons. The smallest absolute Gasteiger partial charge is 0.271 e. The van der Waals surface area contributed by atoms with Gasteiger partial charge in [-0.05, 0) is 0 Å². The maximum Gasteiger partial charge on any atom is 0.273 e. The Morgan fingerprint density at radius 1 is 1.56 bits per heavy atom. The van der Waals surface area contributed by atoms with Crippen molar-refractivity contribution in [2.24, 2.45) is 11.0 Å². The molecule has 7 heteroatoms. The predicted molar refractivity (Wildman–Crippen MR) is 42.0 cm³/mol. The maximum atomic E-state index is 10.4. The molecule has 5 N–H and O–H groups in total. The Morgan fingerprint density at radius 2 is 2.00 bits per heavy atom. The van der Waals surface area contributed by atoms with Crippen molar-refractivity contribution in [2.75, 3.05) is 12.4 Å². The molecule has 0 heterocycles. The summed E-state index contributed by atoms with van der Waals surface area (Å²) in [5, 5.41) is 2.35. The minimum absolute atomic E-state index is 0. The molecule has 0 aliphatic rings. The van der Waals surface area contributed by atoms with Crippen LogP contribution in [0.15, 0.2) is 0 Å². The fourth-order valence-corrected chi connectivity index (χ4v) is 0.905. The summed E-state index contributed by atoms with van der Waals surface area (Å²) in [4.78, 5) is 0. The largest absolute Gasteiger partial charge is 0.273 e. The third-order valence-corrected chi connectivity index (χ3v) is 1.36. The Bertz CT molecular complexity index is 104. The van der Waals surface area contributed by atoms with E-state index in [9.17, 15) is 4.57 Å². The van der Waals surface area contributed by atoms with E-state index in [1.165, 1.54) is 0 Å². The van der Waals surface area contributed by atoms with Crippen LogP contribution in [0.5, 0.6) is 0 Å². The van der Waals surface area contributed by atoms with Crippen molar-refractivity contribution in [1.82, 2.24) is 5.09 Å². The second kappa shape index (κ2) is 5.47. The van der Waals surface area contributed by atoms with Gasteiger partial charge in [-0.25, -0.2) is 5.09 Å². The van der Waals surface area contributed by atoms with Crippen LogP contribution in [0.3, 0.4) is 0 Å². The molecule has 9 heavy (non-hydrogen) atoms. The molecule has 0 fully saturated rings. The van der Waals surface area contributed by atoms with Crippen molar-refractivity contribution in [3.8, 4) is 0 Å². The van der Waals surface area contributed by atoms with Gasteiger partial charge in [-0.3, -0.25) is 15.6 Å². The van der Waals surface area contributed by atoms with Crippen LogP contribution in [0.4, 0.5) is 0 Å². The molecule has 0 aromatic heterocycles. The van der Waals surface area contributed by atoms with Crippen LogP contribution in [0, 0.1) is 0 Å². The van der Waals surface area contributed by atoms with E-state index in [-0.39, 0.29) is 12.4 Å². The molecule has 4 nitrogen and oxygen atoms in total. The molecule has 0 saturated heterocycles. The van der Waals surface area contributed by atoms with Crippen LogP contribution < -0.4 is 16.1 Å². The monoisotopic (exact) mass is 193 g/mol. The molecule has 0 rings (SSSR count). The van der Waals surface area contributed by atoms with Gasteiger partial charge >= 0.3 is 0 Å². The van der Waals surface area contributed by atoms with E-state index in [4.69, 9.17) is 22.6 Å². The fourth-order valence-electron chi connectivity index (χ4n) is 0.217. The van der Waals surface area contributed by atoms with Crippen molar-refractivity contribution < 1.29 is 4.57 Å². The summed E-state index contributed by atoms with van der Waals surface area (Å²) in [5.74, 6) is 0.360. The van der Waals surface area contributed by atoms with Crippen molar-refractivity contribution in [2.45, 2.75) is 0 Å². The van der Waals surface area contributed by atoms with Crippen molar-refractivity contribution in [3.05, 3.63) is 0 Å². The predicted octanol–water partition coefficient (Wildman–Crippen LogP) is 0.262. The molecule has 0 aromatic rings. The molecular weight excluding hydrogens is 184 g/mol. The average molecular weight is 194 g/mol. The van der Waals surface area contributed by atoms with Crippen LogP contribution in [0.2, 0.25) is 0 Å². The van der Waals surface area contributed by atoms with Crippen LogP contribution >= 0.6 is 31.6 Å². The number of halogens is 2. The van der Waals surface area contributed by atoms with Crippen molar-refractivity contribution in [1.29, 1.82) is 0 Å². The second-order valence-corrected chi connectivity index (χ2v) is 3.42. The Labute approximate surface area is 65.2 Å². The zero-order chi connectivity index (χ0) is 6.62. The van der Waals surface area contributed by atoms with Gasteiger partial charge in [-0.1, -0.05) is 0 Å². The van der Waals surface area contributed by atoms with E-state index in [0.717, 1.165) is 0 Å². The first-order valence-electron chi connectivity index (χ1n) is 2.04. The van der Waals surface area contributed by atoms with E-state index < -0.39 is 7.59 Å². The Hall–Kier alpha value is 0.690. The van der Waals surface area contributed by atoms with Gasteiger partial charge in [0, 0.05) is 12.4 Å². The lowest BCUT2D eigenvalue weighted by Gasteiger charge is -2.04. The van der Waals surface area contributed by atoms with Gasteiger partial charge in [0.1, 0.15) is 0 Å². The van der Waals surface area contributed by atoms with Gasteiger partial charge in [0.2, 0.25) is 0 Å². The molecule has 0 amide bonds. The summed E-state index contributed by atoms with van der Waals surface area (Å²) in [7, 11) is -3.02. The molecule has 0 bridgehead atoms. The molecule has 0 unspecified atom stereocenters. The van der Waals surface area contributed by atoms with Crippen molar-refractivity contribution >= 4 is 31.6 Å². The highest BCUT2D eigenvalue weighted by molar-refractivity contribution is 7.56. The number of rotatable bonds is 3. The van der Waals surface area contributed by atoms with E-state index in [2.05, 4.69) is 5.09 Å². The molecule has 0 spiro atoms. The SMILES string of the molecule is Cl.NP(N)(=O)NCCCl. The highest BCUT2D eigenvalue weighted by Crippen LogP contribution is 2.15. The summed E-state index contributed by atoms with van der Waals surface area (Å²) in [6, 6.07) is 0. The lowest BCUT2D eigenvalue weighted by Crippen LogP contribution is -2.23. The zero-order valence-corrected chi connectivity index (χ0v) is 7.18. The first-order valence-corrected chi connectivity index (χ1v) is 4.42. The summed E-state index contributed by atoms with van der Waals surface area (Å²) in [6.45, 7) is 0.381.